The van der Waals surface area contributed by atoms with Gasteiger partial charge >= 0.3 is 6.18 Å². The summed E-state index contributed by atoms with van der Waals surface area (Å²) in [5.74, 6) is -2.01. The van der Waals surface area contributed by atoms with E-state index < -0.39 is 35.2 Å². The Kier molecular flexibility index (Phi) is 6.30. The lowest BCUT2D eigenvalue weighted by Crippen LogP contribution is -2.35. The summed E-state index contributed by atoms with van der Waals surface area (Å²) < 4.78 is 52.2. The highest BCUT2D eigenvalue weighted by Crippen LogP contribution is 2.25. The maximum absolute atomic E-state index is 12.2. The Balaban J connectivity index is 4.00. The molecule has 0 radical (unpaired) electrons. The number of nitrogens with two attached hydrogens (primary N) is 1. The highest BCUT2D eigenvalue weighted by molar-refractivity contribution is 7.85. The van der Waals surface area contributed by atoms with Gasteiger partial charge in [0, 0.05) is 36.0 Å². The molecule has 0 bridgehead atoms. The van der Waals surface area contributed by atoms with Gasteiger partial charge in [0.2, 0.25) is 0 Å². The van der Waals surface area contributed by atoms with Gasteiger partial charge in [0.05, 0.1) is 12.5 Å². The van der Waals surface area contributed by atoms with Crippen LogP contribution in [0.4, 0.5) is 13.2 Å². The van der Waals surface area contributed by atoms with Crippen molar-refractivity contribution in [2.45, 2.75) is 6.18 Å². The summed E-state index contributed by atoms with van der Waals surface area (Å²) >= 11 is 0. The zero-order chi connectivity index (χ0) is 11.2. The second kappa shape index (κ2) is 6.36. The Labute approximate surface area is 83.3 Å². The van der Waals surface area contributed by atoms with Crippen LogP contribution in [0.1, 0.15) is 0 Å². The topological polar surface area (TPSA) is 52.3 Å². The van der Waals surface area contributed by atoms with Gasteiger partial charge in [0.1, 0.15) is 0 Å². The first-order valence-electron chi connectivity index (χ1n) is 4.02. The maximum Gasteiger partial charge on any atom is 0.393 e. The van der Waals surface area contributed by atoms with Gasteiger partial charge in [0.15, 0.2) is 0 Å². The van der Waals surface area contributed by atoms with Crippen LogP contribution in [0.25, 0.3) is 0 Å². The molecule has 0 aliphatic heterocycles. The zero-order valence-electron chi connectivity index (χ0n) is 7.84. The average Bonchev–Trinajstić information content (AvgIpc) is 2.08. The number of halogens is 3. The summed E-state index contributed by atoms with van der Waals surface area (Å²) in [6.07, 6.45) is -4.36. The van der Waals surface area contributed by atoms with Crippen LogP contribution < -0.4 is 5.73 Å². The minimum atomic E-state index is -4.36. The normalized spacial score (nSPS) is 16.6. The fourth-order valence-electron chi connectivity index (χ4n) is 0.780. The maximum atomic E-state index is 12.2. The minimum Gasteiger partial charge on any atom is -0.384 e. The number of hydrogen-bond donors (Lipinski definition) is 1. The summed E-state index contributed by atoms with van der Waals surface area (Å²) in [7, 11) is -0.117. The summed E-state index contributed by atoms with van der Waals surface area (Å²) in [5, 5.41) is 0. The number of alkyl halides is 3. The van der Waals surface area contributed by atoms with E-state index in [0.717, 1.165) is 0 Å². The van der Waals surface area contributed by atoms with Crippen molar-refractivity contribution in [1.82, 2.24) is 0 Å². The molecular weight excluding hydrogens is 219 g/mol. The lowest BCUT2D eigenvalue weighted by atomic mass is 10.2. The SMILES string of the molecule is COCCS(=O)CC(CN)C(F)(F)F. The van der Waals surface area contributed by atoms with Gasteiger partial charge in [0.25, 0.3) is 0 Å². The van der Waals surface area contributed by atoms with Crippen molar-refractivity contribution in [3.05, 3.63) is 0 Å². The molecule has 0 fully saturated rings. The van der Waals surface area contributed by atoms with E-state index in [9.17, 15) is 17.4 Å². The van der Waals surface area contributed by atoms with Crippen molar-refractivity contribution in [3.8, 4) is 0 Å². The van der Waals surface area contributed by atoms with Crippen molar-refractivity contribution >= 4 is 10.8 Å². The van der Waals surface area contributed by atoms with Crippen molar-refractivity contribution < 1.29 is 22.1 Å². The molecule has 0 spiro atoms. The highest BCUT2D eigenvalue weighted by Gasteiger charge is 2.39. The number of hydrogen-bond acceptors (Lipinski definition) is 3. The van der Waals surface area contributed by atoms with Crippen LogP contribution in [-0.4, -0.2) is 42.2 Å². The van der Waals surface area contributed by atoms with Crippen LogP contribution in [0.3, 0.4) is 0 Å². The molecule has 0 aliphatic carbocycles. The average molecular weight is 233 g/mol. The molecule has 14 heavy (non-hydrogen) atoms. The fraction of sp³-hybridized carbons (Fsp3) is 1.00. The molecule has 2 unspecified atom stereocenters. The van der Waals surface area contributed by atoms with Gasteiger partial charge in [-0.3, -0.25) is 4.21 Å². The summed E-state index contributed by atoms with van der Waals surface area (Å²) in [6, 6.07) is 0. The molecule has 86 valence electrons. The first-order valence-corrected chi connectivity index (χ1v) is 5.51. The largest absolute Gasteiger partial charge is 0.393 e. The van der Waals surface area contributed by atoms with Gasteiger partial charge in [-0.25, -0.2) is 0 Å². The van der Waals surface area contributed by atoms with E-state index in [1.54, 1.807) is 0 Å². The molecular formula is C7H14F3NO2S. The van der Waals surface area contributed by atoms with Crippen LogP contribution >= 0.6 is 0 Å². The lowest BCUT2D eigenvalue weighted by molar-refractivity contribution is -0.165. The molecule has 0 amide bonds. The van der Waals surface area contributed by atoms with Crippen LogP contribution in [-0.2, 0) is 15.5 Å². The first kappa shape index (κ1) is 13.9. The van der Waals surface area contributed by atoms with E-state index >= 15 is 0 Å². The Hall–Kier alpha value is -0.140. The van der Waals surface area contributed by atoms with Gasteiger partial charge < -0.3 is 10.5 Å². The summed E-state index contributed by atoms with van der Waals surface area (Å²) in [4.78, 5) is 0. The standard InChI is InChI=1S/C7H14F3NO2S/c1-13-2-3-14(12)5-6(4-11)7(8,9)10/h6H,2-5,11H2,1H3. The fourth-order valence-corrected chi connectivity index (χ4v) is 2.07. The van der Waals surface area contributed by atoms with E-state index in [-0.39, 0.29) is 12.4 Å². The Morgan fingerprint density at radius 1 is 1.50 bits per heavy atom. The molecule has 0 saturated heterocycles. The van der Waals surface area contributed by atoms with Crippen molar-refractivity contribution in [1.29, 1.82) is 0 Å². The molecule has 0 aliphatic rings. The van der Waals surface area contributed by atoms with Crippen LogP contribution in [0, 0.1) is 5.92 Å². The van der Waals surface area contributed by atoms with Crippen LogP contribution in [0.5, 0.6) is 0 Å². The highest BCUT2D eigenvalue weighted by atomic mass is 32.2. The molecule has 2 N–H and O–H groups in total. The minimum absolute atomic E-state index is 0.114. The Morgan fingerprint density at radius 3 is 2.43 bits per heavy atom. The third-order valence-electron chi connectivity index (χ3n) is 1.65. The second-order valence-electron chi connectivity index (χ2n) is 2.78. The molecule has 7 heteroatoms. The quantitative estimate of drug-likeness (QED) is 0.727. The molecule has 3 nitrogen and oxygen atoms in total. The predicted molar refractivity (Wildman–Crippen MR) is 48.4 cm³/mol. The number of methoxy groups -OCH3 is 1. The molecule has 2 atom stereocenters. The van der Waals surface area contributed by atoms with Gasteiger partial charge in [-0.1, -0.05) is 0 Å². The molecule has 0 aromatic heterocycles. The van der Waals surface area contributed by atoms with Crippen molar-refractivity contribution in [2.24, 2.45) is 11.7 Å². The lowest BCUT2D eigenvalue weighted by Gasteiger charge is -2.17. The van der Waals surface area contributed by atoms with E-state index in [1.165, 1.54) is 7.11 Å². The Bertz CT molecular complexity index is 186. The monoisotopic (exact) mass is 233 g/mol. The molecule has 0 aromatic rings. The van der Waals surface area contributed by atoms with Gasteiger partial charge in [-0.05, 0) is 0 Å². The first-order chi connectivity index (χ1) is 6.41. The number of ether oxygens (including phenoxy) is 1. The molecule has 0 aromatic carbocycles. The van der Waals surface area contributed by atoms with Gasteiger partial charge in [-0.2, -0.15) is 13.2 Å². The van der Waals surface area contributed by atoms with E-state index in [2.05, 4.69) is 4.74 Å². The van der Waals surface area contributed by atoms with E-state index in [4.69, 9.17) is 5.73 Å². The Morgan fingerprint density at radius 2 is 2.07 bits per heavy atom. The van der Waals surface area contributed by atoms with Crippen LogP contribution in [0.15, 0.2) is 0 Å². The number of rotatable bonds is 6. The van der Waals surface area contributed by atoms with Gasteiger partial charge in [-0.15, -0.1) is 0 Å². The third kappa shape index (κ3) is 5.56. The predicted octanol–water partition coefficient (Wildman–Crippen LogP) is 0.519. The summed E-state index contributed by atoms with van der Waals surface area (Å²) in [6.45, 7) is -0.329. The second-order valence-corrected chi connectivity index (χ2v) is 4.40. The van der Waals surface area contributed by atoms with E-state index in [1.807, 2.05) is 0 Å². The molecule has 0 saturated carbocycles. The van der Waals surface area contributed by atoms with Crippen LogP contribution in [0.2, 0.25) is 0 Å². The van der Waals surface area contributed by atoms with E-state index in [0.29, 0.717) is 0 Å². The zero-order valence-corrected chi connectivity index (χ0v) is 8.66. The third-order valence-corrected chi connectivity index (χ3v) is 3.05. The summed E-state index contributed by atoms with van der Waals surface area (Å²) in [5.41, 5.74) is 4.95. The van der Waals surface area contributed by atoms with Crippen molar-refractivity contribution in [2.75, 3.05) is 31.8 Å². The van der Waals surface area contributed by atoms with Crippen molar-refractivity contribution in [3.63, 3.8) is 0 Å². The molecule has 0 rings (SSSR count). The smallest absolute Gasteiger partial charge is 0.384 e. The molecule has 0 heterocycles.